The van der Waals surface area contributed by atoms with Crippen LogP contribution in [-0.4, -0.2) is 51.8 Å². The molecule has 2 aliphatic heterocycles. The van der Waals surface area contributed by atoms with Crippen molar-refractivity contribution in [3.8, 4) is 0 Å². The number of rotatable bonds is 9. The third-order valence-electron chi connectivity index (χ3n) is 11.7. The predicted octanol–water partition coefficient (Wildman–Crippen LogP) is 8.71. The molecule has 5 aliphatic rings. The first-order valence-electron chi connectivity index (χ1n) is 17.5. The van der Waals surface area contributed by atoms with Crippen LogP contribution in [-0.2, 0) is 28.2 Å². The third kappa shape index (κ3) is 7.88. The highest BCUT2D eigenvalue weighted by molar-refractivity contribution is 6.74. The van der Waals surface area contributed by atoms with Crippen LogP contribution in [0.2, 0.25) is 18.1 Å². The average molecular weight is 617 g/mol. The summed E-state index contributed by atoms with van der Waals surface area (Å²) in [7, 11) is -1.95. The van der Waals surface area contributed by atoms with Gasteiger partial charge in [0, 0.05) is 18.9 Å². The van der Waals surface area contributed by atoms with Crippen molar-refractivity contribution in [3.63, 3.8) is 0 Å². The molecule has 0 aromatic rings. The Bertz CT molecular complexity index is 1020. The molecule has 1 saturated carbocycles. The van der Waals surface area contributed by atoms with Crippen molar-refractivity contribution >= 4 is 14.3 Å². The molecule has 3 aliphatic carbocycles. The van der Waals surface area contributed by atoms with Gasteiger partial charge in [0.25, 0.3) is 0 Å². The number of carbonyl (C=O) groups excluding carboxylic acids is 1. The van der Waals surface area contributed by atoms with Crippen molar-refractivity contribution in [1.82, 2.24) is 0 Å². The Morgan fingerprint density at radius 3 is 2.47 bits per heavy atom. The van der Waals surface area contributed by atoms with Gasteiger partial charge in [0.1, 0.15) is 6.10 Å². The Morgan fingerprint density at radius 2 is 1.81 bits per heavy atom. The van der Waals surface area contributed by atoms with Gasteiger partial charge in [-0.05, 0) is 106 Å². The van der Waals surface area contributed by atoms with Gasteiger partial charge in [0.05, 0.1) is 17.6 Å². The second kappa shape index (κ2) is 13.4. The molecule has 0 spiro atoms. The van der Waals surface area contributed by atoms with Gasteiger partial charge in [-0.2, -0.15) is 0 Å². The number of hydrogen-bond acceptors (Lipinski definition) is 6. The summed E-state index contributed by atoms with van der Waals surface area (Å²) in [6, 6.07) is 0. The molecular formula is C36H60O6Si. The quantitative estimate of drug-likeness (QED) is 0.191. The van der Waals surface area contributed by atoms with E-state index >= 15 is 0 Å². The van der Waals surface area contributed by atoms with Crippen LogP contribution >= 0.6 is 0 Å². The van der Waals surface area contributed by atoms with Crippen molar-refractivity contribution in [2.75, 3.05) is 6.61 Å². The molecule has 0 amide bonds. The summed E-state index contributed by atoms with van der Waals surface area (Å²) in [6.45, 7) is 19.0. The molecule has 9 atom stereocenters. The maximum atomic E-state index is 13.3. The fourth-order valence-electron chi connectivity index (χ4n) is 7.67. The summed E-state index contributed by atoms with van der Waals surface area (Å²) in [5.74, 6) is 1.49. The lowest BCUT2D eigenvalue weighted by Gasteiger charge is -2.46. The fourth-order valence-corrected chi connectivity index (χ4v) is 9.05. The van der Waals surface area contributed by atoms with Crippen LogP contribution in [0.1, 0.15) is 112 Å². The molecule has 244 valence electrons. The van der Waals surface area contributed by atoms with Gasteiger partial charge in [-0.1, -0.05) is 59.3 Å². The van der Waals surface area contributed by atoms with Gasteiger partial charge in [-0.15, -0.1) is 0 Å². The Labute approximate surface area is 262 Å². The van der Waals surface area contributed by atoms with Crippen LogP contribution in [0.4, 0.5) is 0 Å². The lowest BCUT2D eigenvalue weighted by atomic mass is 9.65. The first kappa shape index (κ1) is 33.4. The molecule has 6 nitrogen and oxygen atoms in total. The number of fused-ring (bicyclic) bond motifs is 1. The second-order valence-corrected chi connectivity index (χ2v) is 21.1. The van der Waals surface area contributed by atoms with Crippen LogP contribution in [0.3, 0.4) is 0 Å². The smallest absolute Gasteiger partial charge is 0.312 e. The number of ether oxygens (including phenoxy) is 4. The van der Waals surface area contributed by atoms with Gasteiger partial charge in [0.15, 0.2) is 20.9 Å². The van der Waals surface area contributed by atoms with Crippen molar-refractivity contribution < 1.29 is 28.2 Å². The lowest BCUT2D eigenvalue weighted by molar-refractivity contribution is -0.288. The van der Waals surface area contributed by atoms with Crippen LogP contribution in [0.15, 0.2) is 23.8 Å². The molecule has 0 aromatic carbocycles. The molecule has 0 aromatic heterocycles. The van der Waals surface area contributed by atoms with Gasteiger partial charge < -0.3 is 23.4 Å². The number of carbonyl (C=O) groups is 1. The number of hydrogen-bond donors (Lipinski definition) is 0. The molecule has 3 fully saturated rings. The van der Waals surface area contributed by atoms with E-state index in [1.807, 2.05) is 0 Å². The minimum absolute atomic E-state index is 0.0179. The van der Waals surface area contributed by atoms with Gasteiger partial charge in [0.2, 0.25) is 0 Å². The Morgan fingerprint density at radius 1 is 1.05 bits per heavy atom. The van der Waals surface area contributed by atoms with Crippen LogP contribution in [0.25, 0.3) is 0 Å². The maximum Gasteiger partial charge on any atom is 0.312 e. The SMILES string of the molecule is C[C@H]1C=C2C=C[C@H](C)[C@H](CC[C@@H]3C[C@@H](O[Si](C)(C)C(C)(C)C)CC(OC4CCCCO4)O3)[C@H]2[C@@H](OC(=O)C2(C)CCC2)C1. The van der Waals surface area contributed by atoms with E-state index in [1.54, 1.807) is 0 Å². The first-order chi connectivity index (χ1) is 20.2. The lowest BCUT2D eigenvalue weighted by Crippen LogP contribution is -2.49. The highest BCUT2D eigenvalue weighted by Gasteiger charge is 2.47. The average Bonchev–Trinajstić information content (AvgIpc) is 2.90. The van der Waals surface area contributed by atoms with E-state index < -0.39 is 8.32 Å². The van der Waals surface area contributed by atoms with E-state index in [9.17, 15) is 4.79 Å². The topological polar surface area (TPSA) is 63.2 Å². The Hall–Kier alpha value is -0.993. The summed E-state index contributed by atoms with van der Waals surface area (Å²) in [5, 5.41) is 0.150. The normalized spacial score (nSPS) is 38.0. The van der Waals surface area contributed by atoms with Gasteiger partial charge in [-0.25, -0.2) is 0 Å². The van der Waals surface area contributed by atoms with Crippen molar-refractivity contribution in [1.29, 1.82) is 0 Å². The molecule has 43 heavy (non-hydrogen) atoms. The molecule has 2 heterocycles. The maximum absolute atomic E-state index is 13.3. The van der Waals surface area contributed by atoms with Gasteiger partial charge >= 0.3 is 5.97 Å². The van der Waals surface area contributed by atoms with Crippen LogP contribution in [0, 0.1) is 29.1 Å². The molecule has 2 unspecified atom stereocenters. The molecule has 5 rings (SSSR count). The third-order valence-corrected chi connectivity index (χ3v) is 16.2. The van der Waals surface area contributed by atoms with E-state index in [0.717, 1.165) is 77.2 Å². The molecule has 2 saturated heterocycles. The molecule has 0 N–H and O–H groups in total. The number of esters is 1. The van der Waals surface area contributed by atoms with Gasteiger partial charge in [-0.3, -0.25) is 4.79 Å². The largest absolute Gasteiger partial charge is 0.461 e. The van der Waals surface area contributed by atoms with Crippen molar-refractivity contribution in [3.05, 3.63) is 23.8 Å². The Balaban J connectivity index is 1.29. The summed E-state index contributed by atoms with van der Waals surface area (Å²) < 4.78 is 32.4. The van der Waals surface area contributed by atoms with Crippen LogP contribution in [0.5, 0.6) is 0 Å². The predicted molar refractivity (Wildman–Crippen MR) is 173 cm³/mol. The second-order valence-electron chi connectivity index (χ2n) is 16.3. The summed E-state index contributed by atoms with van der Waals surface area (Å²) in [5.41, 5.74) is 1.07. The summed E-state index contributed by atoms with van der Waals surface area (Å²) in [6.07, 6.45) is 17.5. The van der Waals surface area contributed by atoms with Crippen molar-refractivity contribution in [2.24, 2.45) is 29.1 Å². The zero-order valence-electron chi connectivity index (χ0n) is 28.4. The zero-order valence-corrected chi connectivity index (χ0v) is 29.4. The fraction of sp³-hybridized carbons (Fsp3) is 0.861. The standard InChI is InChI=1S/C36H60O6Si/c1-24-20-26-14-13-25(2)29(33(26)30(21-24)40-34(37)36(6)17-11-18-36)16-15-27-22-28(42-43(7,8)35(3,4)5)23-32(39-27)41-31-12-9-10-19-38-31/h13-14,20,24-25,27-33H,9-12,15-19,21-23H2,1-8H3/t24-,25-,27+,28+,29-,30-,31?,32?,33-/m0/s1. The zero-order chi connectivity index (χ0) is 31.0. The van der Waals surface area contributed by atoms with Crippen molar-refractivity contribution in [2.45, 2.75) is 161 Å². The molecule has 7 heteroatoms. The minimum Gasteiger partial charge on any atom is -0.461 e. The number of allylic oxidation sites excluding steroid dienone is 3. The van der Waals surface area contributed by atoms with E-state index in [0.29, 0.717) is 17.8 Å². The van der Waals surface area contributed by atoms with E-state index in [1.165, 1.54) is 5.57 Å². The van der Waals surface area contributed by atoms with E-state index in [4.69, 9.17) is 23.4 Å². The Kier molecular flexibility index (Phi) is 10.4. The summed E-state index contributed by atoms with van der Waals surface area (Å²) in [4.78, 5) is 13.3. The monoisotopic (exact) mass is 616 g/mol. The van der Waals surface area contributed by atoms with E-state index in [2.05, 4.69) is 72.9 Å². The minimum atomic E-state index is -1.95. The highest BCUT2D eigenvalue weighted by Crippen LogP contribution is 2.48. The first-order valence-corrected chi connectivity index (χ1v) is 20.4. The molecule has 0 bridgehead atoms. The van der Waals surface area contributed by atoms with E-state index in [-0.39, 0.29) is 53.2 Å². The summed E-state index contributed by atoms with van der Waals surface area (Å²) >= 11 is 0. The molecular weight excluding hydrogens is 556 g/mol. The molecule has 0 radical (unpaired) electrons. The van der Waals surface area contributed by atoms with Crippen LogP contribution < -0.4 is 0 Å². The highest BCUT2D eigenvalue weighted by atomic mass is 28.4.